The summed E-state index contributed by atoms with van der Waals surface area (Å²) in [4.78, 5) is 0. The van der Waals surface area contributed by atoms with Crippen LogP contribution >= 0.6 is 0 Å². The average molecular weight is 261 g/mol. The topological polar surface area (TPSA) is 26.0 Å². The zero-order valence-corrected chi connectivity index (χ0v) is 10.9. The molecule has 1 atom stereocenters. The zero-order valence-electron chi connectivity index (χ0n) is 10.9. The molecule has 0 aromatic heterocycles. The van der Waals surface area contributed by atoms with Crippen molar-refractivity contribution < 1.29 is 8.78 Å². The highest BCUT2D eigenvalue weighted by Crippen LogP contribution is 2.24. The molecule has 0 bridgehead atoms. The minimum absolute atomic E-state index is 0.00231. The van der Waals surface area contributed by atoms with Crippen molar-refractivity contribution in [3.63, 3.8) is 0 Å². The van der Waals surface area contributed by atoms with Crippen molar-refractivity contribution in [1.29, 1.82) is 0 Å². The van der Waals surface area contributed by atoms with Crippen molar-refractivity contribution in [2.45, 2.75) is 19.3 Å². The molecule has 2 N–H and O–H groups in total. The predicted molar refractivity (Wildman–Crippen MR) is 73.0 cm³/mol. The molecule has 19 heavy (non-hydrogen) atoms. The van der Waals surface area contributed by atoms with Crippen molar-refractivity contribution in [3.8, 4) is 0 Å². The van der Waals surface area contributed by atoms with E-state index in [-0.39, 0.29) is 11.7 Å². The van der Waals surface area contributed by atoms with Gasteiger partial charge < -0.3 is 5.73 Å². The Balaban J connectivity index is 2.29. The molecule has 0 aliphatic heterocycles. The molecule has 1 unspecified atom stereocenters. The zero-order chi connectivity index (χ0) is 13.8. The molecule has 0 aliphatic carbocycles. The molecular weight excluding hydrogens is 244 g/mol. The highest BCUT2D eigenvalue weighted by Gasteiger charge is 2.15. The molecule has 0 fully saturated rings. The van der Waals surface area contributed by atoms with Gasteiger partial charge in [0.2, 0.25) is 0 Å². The van der Waals surface area contributed by atoms with Crippen LogP contribution in [0.5, 0.6) is 0 Å². The molecule has 0 saturated carbocycles. The monoisotopic (exact) mass is 261 g/mol. The molecule has 0 amide bonds. The maximum Gasteiger partial charge on any atom is 0.126 e. The van der Waals surface area contributed by atoms with E-state index in [1.54, 1.807) is 0 Å². The van der Waals surface area contributed by atoms with Crippen LogP contribution in [0.15, 0.2) is 42.5 Å². The second-order valence-electron chi connectivity index (χ2n) is 4.73. The molecule has 3 heteroatoms. The lowest BCUT2D eigenvalue weighted by molar-refractivity contribution is 0.570. The van der Waals surface area contributed by atoms with E-state index in [0.29, 0.717) is 18.5 Å². The van der Waals surface area contributed by atoms with Crippen LogP contribution < -0.4 is 5.73 Å². The number of rotatable bonds is 4. The minimum atomic E-state index is -0.419. The van der Waals surface area contributed by atoms with Crippen LogP contribution in [-0.2, 0) is 6.42 Å². The van der Waals surface area contributed by atoms with Crippen molar-refractivity contribution in [1.82, 2.24) is 0 Å². The first-order chi connectivity index (χ1) is 9.11. The summed E-state index contributed by atoms with van der Waals surface area (Å²) in [5.41, 5.74) is 8.38. The lowest BCUT2D eigenvalue weighted by Crippen LogP contribution is -2.16. The van der Waals surface area contributed by atoms with Crippen LogP contribution in [0.1, 0.15) is 22.6 Å². The van der Waals surface area contributed by atoms with E-state index >= 15 is 0 Å². The van der Waals surface area contributed by atoms with Gasteiger partial charge >= 0.3 is 0 Å². The Labute approximate surface area is 112 Å². The van der Waals surface area contributed by atoms with Gasteiger partial charge in [0.1, 0.15) is 11.6 Å². The summed E-state index contributed by atoms with van der Waals surface area (Å²) in [6, 6.07) is 11.4. The van der Waals surface area contributed by atoms with Gasteiger partial charge in [0.25, 0.3) is 0 Å². The Morgan fingerprint density at radius 1 is 1.11 bits per heavy atom. The third-order valence-corrected chi connectivity index (χ3v) is 3.39. The molecule has 0 saturated heterocycles. The molecule has 1 nitrogen and oxygen atoms in total. The molecule has 0 spiro atoms. The molecule has 0 heterocycles. The van der Waals surface area contributed by atoms with Gasteiger partial charge in [0.15, 0.2) is 0 Å². The van der Waals surface area contributed by atoms with E-state index in [1.165, 1.54) is 6.07 Å². The summed E-state index contributed by atoms with van der Waals surface area (Å²) in [6.07, 6.45) is 0.408. The smallest absolute Gasteiger partial charge is 0.126 e. The number of hydrogen-bond acceptors (Lipinski definition) is 1. The third kappa shape index (κ3) is 3.18. The van der Waals surface area contributed by atoms with Crippen molar-refractivity contribution in [3.05, 3.63) is 70.8 Å². The van der Waals surface area contributed by atoms with Crippen LogP contribution in [0.3, 0.4) is 0 Å². The molecule has 2 aromatic carbocycles. The van der Waals surface area contributed by atoms with Gasteiger partial charge in [0, 0.05) is 5.92 Å². The van der Waals surface area contributed by atoms with Crippen LogP contribution in [0.2, 0.25) is 0 Å². The first-order valence-electron chi connectivity index (χ1n) is 6.31. The number of hydrogen-bond donors (Lipinski definition) is 1. The van der Waals surface area contributed by atoms with Crippen LogP contribution in [-0.4, -0.2) is 6.54 Å². The summed E-state index contributed by atoms with van der Waals surface area (Å²) in [7, 11) is 0. The Morgan fingerprint density at radius 2 is 1.84 bits per heavy atom. The normalized spacial score (nSPS) is 12.4. The first kappa shape index (κ1) is 13.7. The predicted octanol–water partition coefficient (Wildman–Crippen LogP) is 3.56. The number of benzene rings is 2. The number of halogens is 2. The average Bonchev–Trinajstić information content (AvgIpc) is 2.41. The standard InChI is InChI=1S/C16H17F2N/c1-11-4-2-3-5-15(11)13(10-19)8-12-9-14(17)6-7-16(12)18/h2-7,9,13H,8,10,19H2,1H3. The fourth-order valence-corrected chi connectivity index (χ4v) is 2.33. The molecular formula is C16H17F2N. The molecule has 0 aliphatic rings. The van der Waals surface area contributed by atoms with Crippen molar-refractivity contribution >= 4 is 0 Å². The Bertz CT molecular complexity index is 566. The van der Waals surface area contributed by atoms with Crippen molar-refractivity contribution in [2.75, 3.05) is 6.54 Å². The highest BCUT2D eigenvalue weighted by atomic mass is 19.1. The van der Waals surface area contributed by atoms with Crippen LogP contribution in [0.25, 0.3) is 0 Å². The van der Waals surface area contributed by atoms with Gasteiger partial charge in [-0.3, -0.25) is 0 Å². The van der Waals surface area contributed by atoms with Gasteiger partial charge in [-0.1, -0.05) is 24.3 Å². The van der Waals surface area contributed by atoms with Crippen LogP contribution in [0, 0.1) is 18.6 Å². The summed E-state index contributed by atoms with van der Waals surface area (Å²) in [5.74, 6) is -0.803. The Morgan fingerprint density at radius 3 is 2.53 bits per heavy atom. The summed E-state index contributed by atoms with van der Waals surface area (Å²) >= 11 is 0. The molecule has 2 rings (SSSR count). The Kier molecular flexibility index (Phi) is 4.27. The third-order valence-electron chi connectivity index (χ3n) is 3.39. The first-order valence-corrected chi connectivity index (χ1v) is 6.31. The van der Waals surface area contributed by atoms with Gasteiger partial charge in [-0.25, -0.2) is 8.78 Å². The molecule has 100 valence electrons. The fourth-order valence-electron chi connectivity index (χ4n) is 2.33. The van der Waals surface area contributed by atoms with Crippen molar-refractivity contribution in [2.24, 2.45) is 5.73 Å². The van der Waals surface area contributed by atoms with E-state index in [0.717, 1.165) is 23.3 Å². The quantitative estimate of drug-likeness (QED) is 0.894. The number of aryl methyl sites for hydroxylation is 1. The molecule has 2 aromatic rings. The largest absolute Gasteiger partial charge is 0.330 e. The van der Waals surface area contributed by atoms with E-state index in [9.17, 15) is 8.78 Å². The maximum atomic E-state index is 13.7. The van der Waals surface area contributed by atoms with E-state index in [1.807, 2.05) is 31.2 Å². The Hall–Kier alpha value is -1.74. The second kappa shape index (κ2) is 5.93. The van der Waals surface area contributed by atoms with E-state index in [4.69, 9.17) is 5.73 Å². The lowest BCUT2D eigenvalue weighted by atomic mass is 9.89. The maximum absolute atomic E-state index is 13.7. The summed E-state index contributed by atoms with van der Waals surface area (Å²) in [6.45, 7) is 2.40. The van der Waals surface area contributed by atoms with Gasteiger partial charge in [-0.15, -0.1) is 0 Å². The summed E-state index contributed by atoms with van der Waals surface area (Å²) < 4.78 is 26.9. The molecule has 0 radical (unpaired) electrons. The van der Waals surface area contributed by atoms with E-state index < -0.39 is 5.82 Å². The SMILES string of the molecule is Cc1ccccc1C(CN)Cc1cc(F)ccc1F. The van der Waals surface area contributed by atoms with Gasteiger partial charge in [-0.2, -0.15) is 0 Å². The lowest BCUT2D eigenvalue weighted by Gasteiger charge is -2.18. The fraction of sp³-hybridized carbons (Fsp3) is 0.250. The highest BCUT2D eigenvalue weighted by molar-refractivity contribution is 5.32. The van der Waals surface area contributed by atoms with Gasteiger partial charge in [0.05, 0.1) is 0 Å². The number of nitrogens with two attached hydrogens (primary N) is 1. The summed E-state index contributed by atoms with van der Waals surface area (Å²) in [5, 5.41) is 0. The van der Waals surface area contributed by atoms with Crippen LogP contribution in [0.4, 0.5) is 8.78 Å². The van der Waals surface area contributed by atoms with Gasteiger partial charge in [-0.05, 0) is 54.8 Å². The van der Waals surface area contributed by atoms with E-state index in [2.05, 4.69) is 0 Å². The second-order valence-corrected chi connectivity index (χ2v) is 4.73. The minimum Gasteiger partial charge on any atom is -0.330 e.